The van der Waals surface area contributed by atoms with Crippen molar-refractivity contribution in [2.45, 2.75) is 6.54 Å². The van der Waals surface area contributed by atoms with Crippen LogP contribution in [0.4, 0.5) is 17.6 Å². The van der Waals surface area contributed by atoms with E-state index in [1.807, 2.05) is 29.6 Å². The van der Waals surface area contributed by atoms with E-state index in [2.05, 4.69) is 15.0 Å². The summed E-state index contributed by atoms with van der Waals surface area (Å²) in [5, 5.41) is 4.37. The van der Waals surface area contributed by atoms with E-state index < -0.39 is 40.5 Å². The third kappa shape index (κ3) is 4.42. The van der Waals surface area contributed by atoms with Crippen LogP contribution in [0.2, 0.25) is 0 Å². The smallest absolute Gasteiger partial charge is 0.263 e. The molecule has 0 radical (unpaired) electrons. The summed E-state index contributed by atoms with van der Waals surface area (Å²) < 4.78 is 65.9. The molecule has 4 aromatic rings. The van der Waals surface area contributed by atoms with E-state index in [0.717, 1.165) is 23.8 Å². The Balaban J connectivity index is 1.40. The van der Waals surface area contributed by atoms with E-state index in [9.17, 15) is 22.4 Å². The molecule has 0 atom stereocenters. The molecule has 0 bridgehead atoms. The molecule has 1 heterocycles. The summed E-state index contributed by atoms with van der Waals surface area (Å²) in [6.07, 6.45) is 0. The van der Waals surface area contributed by atoms with Gasteiger partial charge in [-0.05, 0) is 42.0 Å². The molecule has 2 N–H and O–H groups in total. The van der Waals surface area contributed by atoms with Crippen LogP contribution < -0.4 is 15.4 Å². The van der Waals surface area contributed by atoms with Crippen molar-refractivity contribution in [2.24, 2.45) is 0 Å². The SMILES string of the molecule is COc1c(F)c(F)c(C(=O)NC(=S)NCc2ccc(-c3nc4ccccc4o3)cc2)c(F)c1F. The number of nitrogens with one attached hydrogen (secondary N) is 2. The second-order valence-electron chi connectivity index (χ2n) is 6.98. The fourth-order valence-corrected chi connectivity index (χ4v) is 3.31. The number of thiocarbonyl (C=S) groups is 1. The van der Waals surface area contributed by atoms with Crippen molar-refractivity contribution in [1.82, 2.24) is 15.6 Å². The first-order valence-electron chi connectivity index (χ1n) is 9.74. The highest BCUT2D eigenvalue weighted by molar-refractivity contribution is 7.80. The number of methoxy groups -OCH3 is 1. The summed E-state index contributed by atoms with van der Waals surface area (Å²) in [7, 11) is 0.832. The zero-order valence-corrected chi connectivity index (χ0v) is 18.2. The molecule has 0 unspecified atom stereocenters. The van der Waals surface area contributed by atoms with Gasteiger partial charge >= 0.3 is 0 Å². The molecule has 0 aliphatic heterocycles. The Bertz CT molecular complexity index is 1340. The predicted octanol–water partition coefficient (Wildman–Crippen LogP) is 4.86. The summed E-state index contributed by atoms with van der Waals surface area (Å²) in [6, 6.07) is 14.4. The number of nitrogens with zero attached hydrogens (tertiary/aromatic N) is 1. The number of rotatable bonds is 5. The van der Waals surface area contributed by atoms with Gasteiger partial charge < -0.3 is 14.5 Å². The summed E-state index contributed by atoms with van der Waals surface area (Å²) in [4.78, 5) is 16.6. The van der Waals surface area contributed by atoms with Gasteiger partial charge in [0.2, 0.25) is 17.5 Å². The quantitative estimate of drug-likeness (QED) is 0.237. The highest BCUT2D eigenvalue weighted by Crippen LogP contribution is 2.29. The third-order valence-electron chi connectivity index (χ3n) is 4.83. The number of benzene rings is 3. The second kappa shape index (κ2) is 9.48. The molecule has 3 aromatic carbocycles. The minimum absolute atomic E-state index is 0.142. The van der Waals surface area contributed by atoms with Crippen LogP contribution in [0.1, 0.15) is 15.9 Å². The molecule has 34 heavy (non-hydrogen) atoms. The second-order valence-corrected chi connectivity index (χ2v) is 7.39. The third-order valence-corrected chi connectivity index (χ3v) is 5.08. The first kappa shape index (κ1) is 23.2. The first-order chi connectivity index (χ1) is 16.3. The highest BCUT2D eigenvalue weighted by atomic mass is 32.1. The van der Waals surface area contributed by atoms with Gasteiger partial charge in [0.05, 0.1) is 7.11 Å². The molecule has 0 spiro atoms. The lowest BCUT2D eigenvalue weighted by atomic mass is 10.1. The Kier molecular flexibility index (Phi) is 6.46. The van der Waals surface area contributed by atoms with E-state index in [1.54, 1.807) is 24.3 Å². The zero-order valence-electron chi connectivity index (χ0n) is 17.4. The van der Waals surface area contributed by atoms with E-state index >= 15 is 0 Å². The maximum Gasteiger partial charge on any atom is 0.263 e. The lowest BCUT2D eigenvalue weighted by Crippen LogP contribution is -2.39. The normalized spacial score (nSPS) is 10.9. The molecule has 6 nitrogen and oxygen atoms in total. The van der Waals surface area contributed by atoms with Gasteiger partial charge in [-0.15, -0.1) is 0 Å². The maximum absolute atomic E-state index is 14.1. The van der Waals surface area contributed by atoms with Gasteiger partial charge in [0.25, 0.3) is 5.91 Å². The van der Waals surface area contributed by atoms with E-state index in [-0.39, 0.29) is 11.7 Å². The van der Waals surface area contributed by atoms with Crippen LogP contribution in [0.15, 0.2) is 52.9 Å². The summed E-state index contributed by atoms with van der Waals surface area (Å²) in [5.41, 5.74) is 1.42. The van der Waals surface area contributed by atoms with Crippen molar-refractivity contribution < 1.29 is 31.5 Å². The molecule has 0 aliphatic rings. The van der Waals surface area contributed by atoms with Gasteiger partial charge in [-0.2, -0.15) is 8.78 Å². The molecular weight excluding hydrogens is 474 g/mol. The Labute approximate surface area is 195 Å². The van der Waals surface area contributed by atoms with Crippen LogP contribution >= 0.6 is 12.2 Å². The molecule has 0 fully saturated rings. The molecule has 1 aromatic heterocycles. The average Bonchev–Trinajstić information content (AvgIpc) is 3.27. The number of hydrogen-bond donors (Lipinski definition) is 2. The molecule has 0 aliphatic carbocycles. The molecule has 1 amide bonds. The minimum atomic E-state index is -1.90. The van der Waals surface area contributed by atoms with Gasteiger partial charge in [0.1, 0.15) is 11.1 Å². The van der Waals surface area contributed by atoms with Crippen LogP contribution in [0.5, 0.6) is 5.75 Å². The zero-order chi connectivity index (χ0) is 24.4. The number of halogens is 4. The fourth-order valence-electron chi connectivity index (χ4n) is 3.14. The lowest BCUT2D eigenvalue weighted by Gasteiger charge is -2.13. The largest absolute Gasteiger partial charge is 0.491 e. The molecule has 11 heteroatoms. The van der Waals surface area contributed by atoms with Crippen LogP contribution in [0.3, 0.4) is 0 Å². The van der Waals surface area contributed by atoms with Crippen LogP contribution in [0, 0.1) is 23.3 Å². The number of amides is 1. The van der Waals surface area contributed by atoms with Crippen LogP contribution in [-0.4, -0.2) is 23.1 Å². The van der Waals surface area contributed by atoms with Crippen LogP contribution in [0.25, 0.3) is 22.6 Å². The molecule has 0 saturated heterocycles. The van der Waals surface area contributed by atoms with Gasteiger partial charge in [-0.25, -0.2) is 13.8 Å². The highest BCUT2D eigenvalue weighted by Gasteiger charge is 2.30. The van der Waals surface area contributed by atoms with E-state index in [4.69, 9.17) is 16.6 Å². The van der Waals surface area contributed by atoms with Crippen molar-refractivity contribution in [3.05, 3.63) is 82.9 Å². The molecule has 174 valence electrons. The first-order valence-corrected chi connectivity index (χ1v) is 10.1. The molecule has 0 saturated carbocycles. The Hall–Kier alpha value is -3.99. The predicted molar refractivity (Wildman–Crippen MR) is 119 cm³/mol. The number of carbonyl (C=O) groups is 1. The molecular formula is C23H15F4N3O3S. The van der Waals surface area contributed by atoms with E-state index in [0.29, 0.717) is 11.5 Å². The number of fused-ring (bicyclic) bond motifs is 1. The number of oxazole rings is 1. The number of carbonyl (C=O) groups excluding carboxylic acids is 1. The minimum Gasteiger partial charge on any atom is -0.491 e. The van der Waals surface area contributed by atoms with Gasteiger partial charge in [0.15, 0.2) is 28.1 Å². The monoisotopic (exact) mass is 489 g/mol. The van der Waals surface area contributed by atoms with Crippen molar-refractivity contribution >= 4 is 34.3 Å². The summed E-state index contributed by atoms with van der Waals surface area (Å²) in [6.45, 7) is 0.142. The van der Waals surface area contributed by atoms with Gasteiger partial charge in [-0.1, -0.05) is 24.3 Å². The summed E-state index contributed by atoms with van der Waals surface area (Å²) >= 11 is 4.94. The van der Waals surface area contributed by atoms with E-state index in [1.165, 1.54) is 0 Å². The average molecular weight is 489 g/mol. The number of para-hydroxylation sites is 2. The summed E-state index contributed by atoms with van der Waals surface area (Å²) in [5.74, 6) is -9.73. The van der Waals surface area contributed by atoms with Crippen molar-refractivity contribution in [1.29, 1.82) is 0 Å². The van der Waals surface area contributed by atoms with Crippen molar-refractivity contribution in [3.63, 3.8) is 0 Å². The van der Waals surface area contributed by atoms with Gasteiger partial charge in [-0.3, -0.25) is 10.1 Å². The fraction of sp³-hybridized carbons (Fsp3) is 0.0870. The standard InChI is InChI=1S/C23H15F4N3O3S/c1-32-20-18(26)16(24)15(17(25)19(20)27)21(31)30-23(34)28-10-11-6-8-12(9-7-11)22-29-13-4-2-3-5-14(13)33-22/h2-9H,10H2,1H3,(H2,28,30,31,34). The Morgan fingerprint density at radius 2 is 1.65 bits per heavy atom. The lowest BCUT2D eigenvalue weighted by molar-refractivity contribution is 0.0965. The number of ether oxygens (including phenoxy) is 1. The number of hydrogen-bond acceptors (Lipinski definition) is 5. The Morgan fingerprint density at radius 1 is 1.00 bits per heavy atom. The van der Waals surface area contributed by atoms with Gasteiger partial charge in [0, 0.05) is 12.1 Å². The number of aromatic nitrogens is 1. The maximum atomic E-state index is 14.1. The van der Waals surface area contributed by atoms with Crippen molar-refractivity contribution in [3.8, 4) is 17.2 Å². The Morgan fingerprint density at radius 3 is 2.26 bits per heavy atom. The van der Waals surface area contributed by atoms with Crippen LogP contribution in [-0.2, 0) is 6.54 Å². The molecule has 4 rings (SSSR count). The topological polar surface area (TPSA) is 76.4 Å². The van der Waals surface area contributed by atoms with Crippen molar-refractivity contribution in [2.75, 3.05) is 7.11 Å².